The van der Waals surface area contributed by atoms with Gasteiger partial charge < -0.3 is 14.0 Å². The SMILES string of the molecule is Cc1c(OCc2ccccc2)c(=O)ccn1CCOCC(F)F. The first-order valence-corrected chi connectivity index (χ1v) is 7.30. The van der Waals surface area contributed by atoms with E-state index in [1.54, 1.807) is 17.7 Å². The van der Waals surface area contributed by atoms with Crippen LogP contribution in [0.2, 0.25) is 0 Å². The molecule has 0 saturated carbocycles. The molecule has 0 unspecified atom stereocenters. The van der Waals surface area contributed by atoms with E-state index in [1.807, 2.05) is 30.3 Å². The molecule has 0 aliphatic carbocycles. The lowest BCUT2D eigenvalue weighted by Gasteiger charge is -2.15. The normalized spacial score (nSPS) is 11.0. The lowest BCUT2D eigenvalue weighted by atomic mass is 10.2. The quantitative estimate of drug-likeness (QED) is 0.701. The zero-order valence-corrected chi connectivity index (χ0v) is 12.9. The summed E-state index contributed by atoms with van der Waals surface area (Å²) < 4.78 is 36.3. The molecule has 6 heteroatoms. The summed E-state index contributed by atoms with van der Waals surface area (Å²) in [7, 11) is 0. The first-order valence-electron chi connectivity index (χ1n) is 7.30. The van der Waals surface area contributed by atoms with Crippen LogP contribution >= 0.6 is 0 Å². The van der Waals surface area contributed by atoms with E-state index in [0.29, 0.717) is 18.8 Å². The first kappa shape index (κ1) is 17.1. The molecule has 0 aliphatic rings. The molecule has 0 amide bonds. The standard InChI is InChI=1S/C17H19F2NO3/c1-13-17(23-11-14-5-3-2-4-6-14)15(21)7-8-20(13)9-10-22-12-16(18)19/h2-8,16H,9-12H2,1H3. The Morgan fingerprint density at radius 3 is 2.61 bits per heavy atom. The van der Waals surface area contributed by atoms with Crippen LogP contribution in [-0.2, 0) is 17.9 Å². The van der Waals surface area contributed by atoms with Crippen molar-refractivity contribution in [3.05, 3.63) is 64.1 Å². The van der Waals surface area contributed by atoms with Gasteiger partial charge in [-0.25, -0.2) is 8.78 Å². The second-order valence-electron chi connectivity index (χ2n) is 5.03. The Kier molecular flexibility index (Phi) is 6.29. The molecule has 4 nitrogen and oxygen atoms in total. The molecule has 0 fully saturated rings. The Hall–Kier alpha value is -2.21. The maximum absolute atomic E-state index is 12.0. The number of halogens is 2. The third-order valence-electron chi connectivity index (χ3n) is 3.34. The molecule has 0 atom stereocenters. The first-order chi connectivity index (χ1) is 11.1. The third kappa shape index (κ3) is 5.17. The maximum atomic E-state index is 12.0. The fraction of sp³-hybridized carbons (Fsp3) is 0.353. The van der Waals surface area contributed by atoms with Crippen LogP contribution in [0, 0.1) is 6.92 Å². The van der Waals surface area contributed by atoms with Crippen molar-refractivity contribution in [2.24, 2.45) is 0 Å². The van der Waals surface area contributed by atoms with Crippen molar-refractivity contribution in [3.63, 3.8) is 0 Å². The number of nitrogens with zero attached hydrogens (tertiary/aromatic N) is 1. The van der Waals surface area contributed by atoms with Gasteiger partial charge in [-0.3, -0.25) is 4.79 Å². The van der Waals surface area contributed by atoms with Gasteiger partial charge in [-0.2, -0.15) is 0 Å². The molecule has 2 rings (SSSR count). The van der Waals surface area contributed by atoms with Crippen molar-refractivity contribution >= 4 is 0 Å². The van der Waals surface area contributed by atoms with Crippen molar-refractivity contribution in [1.29, 1.82) is 0 Å². The fourth-order valence-electron chi connectivity index (χ4n) is 2.14. The zero-order chi connectivity index (χ0) is 16.7. The van der Waals surface area contributed by atoms with E-state index in [4.69, 9.17) is 9.47 Å². The Balaban J connectivity index is 2.01. The molecule has 0 aliphatic heterocycles. The summed E-state index contributed by atoms with van der Waals surface area (Å²) in [6, 6.07) is 10.9. The fourth-order valence-corrected chi connectivity index (χ4v) is 2.14. The van der Waals surface area contributed by atoms with Gasteiger partial charge in [0.2, 0.25) is 5.43 Å². The van der Waals surface area contributed by atoms with Crippen LogP contribution < -0.4 is 10.2 Å². The van der Waals surface area contributed by atoms with Crippen molar-refractivity contribution in [2.45, 2.75) is 26.5 Å². The van der Waals surface area contributed by atoms with Crippen LogP contribution in [0.4, 0.5) is 8.78 Å². The van der Waals surface area contributed by atoms with Crippen molar-refractivity contribution < 1.29 is 18.3 Å². The van der Waals surface area contributed by atoms with Gasteiger partial charge >= 0.3 is 0 Å². The minimum atomic E-state index is -2.48. The average Bonchev–Trinajstić information content (AvgIpc) is 2.54. The van der Waals surface area contributed by atoms with E-state index in [0.717, 1.165) is 5.56 Å². The van der Waals surface area contributed by atoms with Crippen LogP contribution in [0.3, 0.4) is 0 Å². The van der Waals surface area contributed by atoms with Gasteiger partial charge in [0.1, 0.15) is 13.2 Å². The molecule has 1 aromatic carbocycles. The molecule has 124 valence electrons. The predicted octanol–water partition coefficient (Wildman–Crippen LogP) is 3.02. The second kappa shape index (κ2) is 8.43. The molecule has 0 bridgehead atoms. The molecule has 0 spiro atoms. The van der Waals surface area contributed by atoms with Gasteiger partial charge in [-0.1, -0.05) is 30.3 Å². The van der Waals surface area contributed by atoms with E-state index in [9.17, 15) is 13.6 Å². The summed E-state index contributed by atoms with van der Waals surface area (Å²) in [5.41, 5.74) is 1.40. The molecule has 2 aromatic rings. The highest BCUT2D eigenvalue weighted by Gasteiger charge is 2.09. The number of pyridine rings is 1. The summed E-state index contributed by atoms with van der Waals surface area (Å²) >= 11 is 0. The van der Waals surface area contributed by atoms with Crippen LogP contribution in [0.25, 0.3) is 0 Å². The topological polar surface area (TPSA) is 40.5 Å². The lowest BCUT2D eigenvalue weighted by Crippen LogP contribution is -2.17. The van der Waals surface area contributed by atoms with Crippen LogP contribution in [0.15, 0.2) is 47.4 Å². The minimum Gasteiger partial charge on any atom is -0.483 e. The second-order valence-corrected chi connectivity index (χ2v) is 5.03. The molecule has 1 aromatic heterocycles. The summed E-state index contributed by atoms with van der Waals surface area (Å²) in [5, 5.41) is 0. The van der Waals surface area contributed by atoms with E-state index in [2.05, 4.69) is 0 Å². The van der Waals surface area contributed by atoms with Gasteiger partial charge in [-0.15, -0.1) is 0 Å². The molecule has 1 heterocycles. The van der Waals surface area contributed by atoms with Crippen LogP contribution in [-0.4, -0.2) is 24.2 Å². The Bertz CT molecular complexity index is 671. The van der Waals surface area contributed by atoms with Crippen LogP contribution in [0.1, 0.15) is 11.3 Å². The van der Waals surface area contributed by atoms with Gasteiger partial charge in [0.15, 0.2) is 5.75 Å². The van der Waals surface area contributed by atoms with Crippen molar-refractivity contribution in [3.8, 4) is 5.75 Å². The summed E-state index contributed by atoms with van der Waals surface area (Å²) in [4.78, 5) is 12.0. The smallest absolute Gasteiger partial charge is 0.261 e. The number of hydrogen-bond acceptors (Lipinski definition) is 3. The zero-order valence-electron chi connectivity index (χ0n) is 12.9. The Morgan fingerprint density at radius 1 is 1.17 bits per heavy atom. The van der Waals surface area contributed by atoms with E-state index in [-0.39, 0.29) is 17.8 Å². The lowest BCUT2D eigenvalue weighted by molar-refractivity contribution is 0.0145. The molecule has 0 radical (unpaired) electrons. The third-order valence-corrected chi connectivity index (χ3v) is 3.34. The summed E-state index contributed by atoms with van der Waals surface area (Å²) in [6.45, 7) is 1.99. The molecular weight excluding hydrogens is 304 g/mol. The van der Waals surface area contributed by atoms with E-state index < -0.39 is 13.0 Å². The van der Waals surface area contributed by atoms with Gasteiger partial charge in [0.25, 0.3) is 6.43 Å². The Labute approximate surface area is 133 Å². The highest BCUT2D eigenvalue weighted by Crippen LogP contribution is 2.14. The maximum Gasteiger partial charge on any atom is 0.261 e. The summed E-state index contributed by atoms with van der Waals surface area (Å²) in [6.07, 6.45) is -0.867. The largest absolute Gasteiger partial charge is 0.483 e. The van der Waals surface area contributed by atoms with E-state index >= 15 is 0 Å². The number of aromatic nitrogens is 1. The molecule has 0 saturated heterocycles. The summed E-state index contributed by atoms with van der Waals surface area (Å²) in [5.74, 6) is 0.269. The number of rotatable bonds is 8. The number of ether oxygens (including phenoxy) is 2. The highest BCUT2D eigenvalue weighted by atomic mass is 19.3. The number of benzene rings is 1. The minimum absolute atomic E-state index is 0.145. The van der Waals surface area contributed by atoms with Gasteiger partial charge in [0, 0.05) is 18.8 Å². The molecule has 0 N–H and O–H groups in total. The molecular formula is C17H19F2NO3. The monoisotopic (exact) mass is 323 g/mol. The van der Waals surface area contributed by atoms with Crippen molar-refractivity contribution in [1.82, 2.24) is 4.57 Å². The molecule has 23 heavy (non-hydrogen) atoms. The van der Waals surface area contributed by atoms with Gasteiger partial charge in [0.05, 0.1) is 12.3 Å². The van der Waals surface area contributed by atoms with Crippen molar-refractivity contribution in [2.75, 3.05) is 13.2 Å². The van der Waals surface area contributed by atoms with Crippen LogP contribution in [0.5, 0.6) is 5.75 Å². The van der Waals surface area contributed by atoms with Gasteiger partial charge in [-0.05, 0) is 12.5 Å². The number of alkyl halides is 2. The predicted molar refractivity (Wildman–Crippen MR) is 83.0 cm³/mol. The Morgan fingerprint density at radius 2 is 1.91 bits per heavy atom. The average molecular weight is 323 g/mol. The number of hydrogen-bond donors (Lipinski definition) is 0. The van der Waals surface area contributed by atoms with E-state index in [1.165, 1.54) is 6.07 Å². The highest BCUT2D eigenvalue weighted by molar-refractivity contribution is 5.28.